The summed E-state index contributed by atoms with van der Waals surface area (Å²) in [5, 5.41) is 35.5. The summed E-state index contributed by atoms with van der Waals surface area (Å²) in [5.41, 5.74) is 21.7. The molecule has 8 aliphatic carbocycles. The number of aliphatic imine (C=N–C) groups is 1. The lowest BCUT2D eigenvalue weighted by molar-refractivity contribution is -0.306. The van der Waals surface area contributed by atoms with Crippen molar-refractivity contribution in [1.82, 2.24) is 41.0 Å². The molecule has 20 rings (SSSR count). The number of rotatable bonds is 3. The third-order valence-corrected chi connectivity index (χ3v) is 28.9. The van der Waals surface area contributed by atoms with Crippen LogP contribution in [0.4, 0.5) is 9.59 Å². The van der Waals surface area contributed by atoms with E-state index in [1.165, 1.54) is 84.4 Å². The van der Waals surface area contributed by atoms with E-state index in [2.05, 4.69) is 159 Å². The van der Waals surface area contributed by atoms with E-state index in [1.54, 1.807) is 85.8 Å². The minimum absolute atomic E-state index is 0.0111. The largest absolute Gasteiger partial charge is 0.508 e. The summed E-state index contributed by atoms with van der Waals surface area (Å²) in [6.07, 6.45) is 17.8. The minimum atomic E-state index is -1.09. The number of alkyl halides is 1. The maximum absolute atomic E-state index is 13.7. The zero-order valence-corrected chi connectivity index (χ0v) is 74.8. The van der Waals surface area contributed by atoms with Gasteiger partial charge in [0.25, 0.3) is 23.6 Å². The Morgan fingerprint density at radius 2 is 0.689 bits per heavy atom. The number of aromatic hydroxyl groups is 1. The molecule has 8 aromatic rings. The fourth-order valence-electron chi connectivity index (χ4n) is 22.3. The molecule has 23 nitrogen and oxygen atoms in total. The number of methoxy groups -OCH3 is 3. The Morgan fingerprint density at radius 1 is 0.418 bits per heavy atom. The van der Waals surface area contributed by atoms with E-state index in [4.69, 9.17) is 47.6 Å². The van der Waals surface area contributed by atoms with E-state index >= 15 is 0 Å². The number of guanidine groups is 1. The van der Waals surface area contributed by atoms with Crippen molar-refractivity contribution in [1.29, 1.82) is 0 Å². The second-order valence-corrected chi connectivity index (χ2v) is 35.8. The summed E-state index contributed by atoms with van der Waals surface area (Å²) in [5.74, 6) is 2.38. The quantitative estimate of drug-likeness (QED) is 0.0204. The zero-order chi connectivity index (χ0) is 87.3. The van der Waals surface area contributed by atoms with Gasteiger partial charge in [-0.05, 0) is 304 Å². The first-order chi connectivity index (χ1) is 58.5. The number of carbonyl (C=O) groups is 6. The standard InChI is InChI=1S/C23H25N3O2.C23H24N2O3.C23H24N2O2S.C22H22N2O3.C4H10O2.CH3I.CH5NO/c1-26-20(27)23(25-21(26)24)19-13-18(28-2)8-7-17(19)14-22(23)11-9-15-5-3-4-6-16(15)10-12-22;1-25-20(26)23(24-21(25)27)19-13-18(28-2)8-7-17(19)14-22(23)11-9-15-5-3-4-6-16(15)10-12-22;1-25-20(26)23(24-21(25)28)19-13-18(27-2)8-7-17(19)14-22(23)11-9-15-5-3-4-6-16(15)10-12-22;1-24-19(26)22(23-20(24)27)18-12-17(25)7-6-16(18)13-21(22)10-8-14-4-2-3-5-15(14)9-11-21;1-4(2,3)6-5;1-2;1-2-3/h3-8,13H,9-12,14H2,1-2H3,(H2,24,25);3-8,13H,9-12,14H2,1-2H3,(H,24,27);3-8,13H,9-12,14H2,1-2H3,(H,24,28);2-7,12,25H,8-11,13H2,1H3,(H,23,27);5H,1-3H3;1H3;2-3H,1H3. The Labute approximate surface area is 733 Å². The summed E-state index contributed by atoms with van der Waals surface area (Å²) in [6, 6.07) is 57.0. The van der Waals surface area contributed by atoms with Crippen LogP contribution in [0.15, 0.2) is 175 Å². The third kappa shape index (κ3) is 14.5. The highest BCUT2D eigenvalue weighted by molar-refractivity contribution is 14.1. The fraction of sp³-hybridized carbons (Fsp3) is 0.423. The highest BCUT2D eigenvalue weighted by atomic mass is 127. The molecule has 0 aromatic heterocycles. The molecule has 8 amide bonds. The summed E-state index contributed by atoms with van der Waals surface area (Å²) in [6.45, 7) is 5.31. The van der Waals surface area contributed by atoms with Gasteiger partial charge in [0, 0.05) is 56.9 Å². The van der Waals surface area contributed by atoms with E-state index < -0.39 is 27.8 Å². The molecule has 4 aliphatic heterocycles. The lowest BCUT2D eigenvalue weighted by Crippen LogP contribution is -2.55. The molecule has 3 fully saturated rings. The number of aryl methyl sites for hydroxylation is 8. The van der Waals surface area contributed by atoms with Gasteiger partial charge in [-0.2, -0.15) is 0 Å². The minimum Gasteiger partial charge on any atom is -0.508 e. The first kappa shape index (κ1) is 88.0. The Kier molecular flexibility index (Phi) is 24.9. The number of nitrogens with two attached hydrogens (primary N) is 1. The fourth-order valence-corrected chi connectivity index (χ4v) is 22.6. The van der Waals surface area contributed by atoms with E-state index in [0.29, 0.717) is 16.8 Å². The number of likely N-dealkylation sites (N-methyl/N-ethyl adjacent to an activating group) is 4. The highest BCUT2D eigenvalue weighted by Crippen LogP contribution is 2.65. The predicted octanol–water partition coefficient (Wildman–Crippen LogP) is 14.2. The smallest absolute Gasteiger partial charge is 0.325 e. The predicted molar refractivity (Wildman–Crippen MR) is 480 cm³/mol. The van der Waals surface area contributed by atoms with Crippen LogP contribution in [0.25, 0.3) is 0 Å². The van der Waals surface area contributed by atoms with Crippen LogP contribution in [0.5, 0.6) is 23.0 Å². The molecule has 4 atom stereocenters. The van der Waals surface area contributed by atoms with Crippen LogP contribution < -0.4 is 41.4 Å². The molecule has 12 aliphatic rings. The summed E-state index contributed by atoms with van der Waals surface area (Å²) in [7, 11) is 13.0. The van der Waals surface area contributed by atoms with Crippen LogP contribution in [0.3, 0.4) is 0 Å². The highest BCUT2D eigenvalue weighted by Gasteiger charge is 2.71. The Morgan fingerprint density at radius 3 is 0.959 bits per heavy atom. The summed E-state index contributed by atoms with van der Waals surface area (Å²) in [4.78, 5) is 95.8. The van der Waals surface area contributed by atoms with Gasteiger partial charge in [-0.25, -0.2) is 24.9 Å². The van der Waals surface area contributed by atoms with Gasteiger partial charge in [0.1, 0.15) is 23.0 Å². The number of thiocarbonyl (C=S) groups is 1. The van der Waals surface area contributed by atoms with E-state index in [9.17, 15) is 33.9 Å². The molecular formula is C97H113IN10O13S. The number of hydroxylamine groups is 1. The molecular weight excluding hydrogens is 1670 g/mol. The van der Waals surface area contributed by atoms with Crippen LogP contribution in [0, 0.1) is 21.7 Å². The maximum Gasteiger partial charge on any atom is 0.325 e. The van der Waals surface area contributed by atoms with E-state index in [-0.39, 0.29) is 63.1 Å². The second kappa shape index (κ2) is 34.4. The van der Waals surface area contributed by atoms with Crippen molar-refractivity contribution in [2.75, 3.05) is 61.5 Å². The van der Waals surface area contributed by atoms with Crippen molar-refractivity contribution in [2.45, 2.75) is 177 Å². The first-order valence-electron chi connectivity index (χ1n) is 42.0. The molecule has 8 spiro atoms. The van der Waals surface area contributed by atoms with Crippen molar-refractivity contribution >= 4 is 81.6 Å². The molecule has 4 unspecified atom stereocenters. The van der Waals surface area contributed by atoms with Gasteiger partial charge in [-0.1, -0.05) is 144 Å². The van der Waals surface area contributed by atoms with Crippen LogP contribution in [0.1, 0.15) is 161 Å². The molecule has 4 heterocycles. The number of fused-ring (bicyclic) bond motifs is 16. The molecule has 122 heavy (non-hydrogen) atoms. The van der Waals surface area contributed by atoms with E-state index in [1.807, 2.05) is 47.4 Å². The average Bonchev–Trinajstić information content (AvgIpc) is 1.54. The van der Waals surface area contributed by atoms with Gasteiger partial charge < -0.3 is 46.2 Å². The Hall–Kier alpha value is -10.3. The van der Waals surface area contributed by atoms with Gasteiger partial charge in [-0.15, -0.1) is 0 Å². The molecule has 8 aromatic carbocycles. The number of nitrogens with one attached hydrogen (secondary N) is 4. The number of hydrogen-bond acceptors (Lipinski definition) is 17. The number of phenols is 1. The number of hydrogen-bond donors (Lipinski definition) is 8. The molecule has 642 valence electrons. The van der Waals surface area contributed by atoms with Crippen molar-refractivity contribution in [3.8, 4) is 23.0 Å². The lowest BCUT2D eigenvalue weighted by Gasteiger charge is -2.42. The van der Waals surface area contributed by atoms with Crippen LogP contribution in [-0.4, -0.2) is 149 Å². The van der Waals surface area contributed by atoms with Crippen molar-refractivity contribution < 1.29 is 63.4 Å². The number of amides is 8. The van der Waals surface area contributed by atoms with Crippen LogP contribution in [0.2, 0.25) is 0 Å². The number of urea groups is 2. The number of ether oxygens (including phenoxy) is 3. The lowest BCUT2D eigenvalue weighted by atomic mass is 9.65. The van der Waals surface area contributed by atoms with Crippen LogP contribution in [-0.2, 0) is 123 Å². The number of phenolic OH excluding ortho intramolecular Hbond substituents is 1. The number of imide groups is 2. The number of carbonyl (C=O) groups excluding carboxylic acids is 6. The van der Waals surface area contributed by atoms with E-state index in [0.717, 1.165) is 173 Å². The maximum atomic E-state index is 13.7. The zero-order valence-electron chi connectivity index (χ0n) is 71.8. The van der Waals surface area contributed by atoms with Gasteiger partial charge in [-0.3, -0.25) is 44.0 Å². The van der Waals surface area contributed by atoms with Gasteiger partial charge >= 0.3 is 12.1 Å². The molecule has 9 N–H and O–H groups in total. The average molecular weight is 1790 g/mol. The number of nitrogens with zero attached hydrogens (tertiary/aromatic N) is 5. The van der Waals surface area contributed by atoms with Crippen molar-refractivity contribution in [3.05, 3.63) is 259 Å². The van der Waals surface area contributed by atoms with Crippen molar-refractivity contribution in [3.63, 3.8) is 0 Å². The number of halogens is 1. The first-order valence-corrected chi connectivity index (χ1v) is 44.6. The van der Waals surface area contributed by atoms with Crippen LogP contribution >= 0.6 is 34.8 Å². The third-order valence-electron chi connectivity index (χ3n) is 28.6. The molecule has 0 bridgehead atoms. The number of benzene rings is 8. The van der Waals surface area contributed by atoms with Gasteiger partial charge in [0.15, 0.2) is 33.2 Å². The monoisotopic (exact) mass is 1780 g/mol. The normalized spacial score (nSPS) is 23.5. The Balaban J connectivity index is 0.000000127. The molecule has 3 saturated heterocycles. The summed E-state index contributed by atoms with van der Waals surface area (Å²) < 4.78 is 16.4. The topological polar surface area (TPSA) is 299 Å². The van der Waals surface area contributed by atoms with Crippen molar-refractivity contribution in [2.24, 2.45) is 32.4 Å². The van der Waals surface area contributed by atoms with Gasteiger partial charge in [0.05, 0.1) is 26.9 Å². The molecule has 0 radical (unpaired) electrons. The molecule has 25 heteroatoms. The summed E-state index contributed by atoms with van der Waals surface area (Å²) >= 11 is 7.69. The van der Waals surface area contributed by atoms with Gasteiger partial charge in [0.2, 0.25) is 0 Å². The molecule has 0 saturated carbocycles. The Bertz CT molecular complexity index is 5190. The second-order valence-electron chi connectivity index (χ2n) is 35.4. The SMILES string of the molecule is CC(C)(C)OO.CI.CN1C(=O)NC2(C1=O)c1cc(O)ccc1CC21CCc2ccccc2CC1.CNO.COc1ccc2c(c1)C1(N=C(N)N(C)C1=O)C1(CCc3ccccc3CC1)C2.COc1ccc2c(c1)C1(NC(=O)N(C)C1=O)C1(CCc3ccccc3CC1)C2.COc1ccc2c(c1)C1(NC(=S)N(C)C1=O)C1(CCc3ccccc3CC1)C2.